The van der Waals surface area contributed by atoms with Crippen LogP contribution in [0.3, 0.4) is 0 Å². The maximum absolute atomic E-state index is 12.8. The Hall–Kier alpha value is -1.84. The first-order chi connectivity index (χ1) is 10.3. The zero-order valence-electron chi connectivity index (χ0n) is 11.7. The molecule has 0 saturated carbocycles. The van der Waals surface area contributed by atoms with E-state index in [9.17, 15) is 18.0 Å². The van der Waals surface area contributed by atoms with Crippen molar-refractivity contribution in [3.05, 3.63) is 75.8 Å². The summed E-state index contributed by atoms with van der Waals surface area (Å²) < 4.78 is 38.2. The minimum absolute atomic E-state index is 0.199. The summed E-state index contributed by atoms with van der Waals surface area (Å²) in [4.78, 5) is 12.3. The Bertz CT molecular complexity index is 673. The Balaban J connectivity index is 2.38. The van der Waals surface area contributed by atoms with Crippen molar-refractivity contribution in [2.45, 2.75) is 12.0 Å². The van der Waals surface area contributed by atoms with Gasteiger partial charge >= 0.3 is 133 Å². The molecule has 0 N–H and O–H groups in total. The van der Waals surface area contributed by atoms with Crippen LogP contribution in [0.2, 0.25) is 0 Å². The van der Waals surface area contributed by atoms with Crippen molar-refractivity contribution < 1.29 is 18.0 Å². The number of alkyl halides is 3. The van der Waals surface area contributed by atoms with Gasteiger partial charge in [0.1, 0.15) is 0 Å². The van der Waals surface area contributed by atoms with E-state index < -0.39 is 25.8 Å². The summed E-state index contributed by atoms with van der Waals surface area (Å²) in [5, 5.41) is -4.37. The summed E-state index contributed by atoms with van der Waals surface area (Å²) in [5.74, 6) is -0.571. The maximum atomic E-state index is 12.8. The van der Waals surface area contributed by atoms with Crippen LogP contribution in [0.4, 0.5) is 13.2 Å². The average Bonchev–Trinajstić information content (AvgIpc) is 2.48. The molecule has 22 heavy (non-hydrogen) atoms. The number of allylic oxidation sites excluding steroid dienone is 1. The van der Waals surface area contributed by atoms with Crippen LogP contribution in [0.5, 0.6) is 0 Å². The van der Waals surface area contributed by atoms with Crippen LogP contribution in [0, 0.1) is 6.92 Å². The van der Waals surface area contributed by atoms with E-state index in [0.717, 1.165) is 5.56 Å². The number of halogens is 3. The third-order valence-corrected chi connectivity index (χ3v) is 4.44. The number of rotatable bonds is 4. The third kappa shape index (κ3) is 4.86. The molecular weight excluding hydrogens is 356 g/mol. The van der Waals surface area contributed by atoms with E-state index in [-0.39, 0.29) is 10.0 Å². The summed E-state index contributed by atoms with van der Waals surface area (Å²) in [6.45, 7) is 1.89. The van der Waals surface area contributed by atoms with Gasteiger partial charge in [-0.3, -0.25) is 0 Å². The van der Waals surface area contributed by atoms with Gasteiger partial charge in [-0.05, 0) is 0 Å². The molecule has 0 spiro atoms. The normalized spacial score (nSPS) is 12.3. The van der Waals surface area contributed by atoms with Gasteiger partial charge < -0.3 is 0 Å². The number of benzene rings is 2. The SMILES string of the molecule is Cc1ccc(/C=C(\[Se]C(F)(F)F)C(=O)c2ccccc2)cc1. The topological polar surface area (TPSA) is 17.1 Å². The van der Waals surface area contributed by atoms with Gasteiger partial charge in [-0.2, -0.15) is 0 Å². The Morgan fingerprint density at radius 1 is 1.00 bits per heavy atom. The van der Waals surface area contributed by atoms with Gasteiger partial charge in [-0.25, -0.2) is 0 Å². The number of carbonyl (C=O) groups excluding carboxylic acids is 1. The molecule has 2 aromatic rings. The zero-order chi connectivity index (χ0) is 16.2. The van der Waals surface area contributed by atoms with E-state index in [4.69, 9.17) is 0 Å². The number of ketones is 1. The number of carbonyl (C=O) groups is 1. The fourth-order valence-electron chi connectivity index (χ4n) is 1.81. The van der Waals surface area contributed by atoms with Crippen molar-refractivity contribution in [3.63, 3.8) is 0 Å². The van der Waals surface area contributed by atoms with Gasteiger partial charge in [0.05, 0.1) is 0 Å². The molecule has 114 valence electrons. The Morgan fingerprint density at radius 2 is 1.59 bits per heavy atom. The first-order valence-corrected chi connectivity index (χ1v) is 8.20. The molecule has 0 unspecified atom stereocenters. The Morgan fingerprint density at radius 3 is 2.14 bits per heavy atom. The van der Waals surface area contributed by atoms with Crippen molar-refractivity contribution in [2.24, 2.45) is 0 Å². The number of aryl methyl sites for hydroxylation is 1. The summed E-state index contributed by atoms with van der Waals surface area (Å²) in [7, 11) is 0. The number of Topliss-reactive ketones (excluding diaryl/α,β-unsaturated/α-hetero) is 1. The molecule has 0 amide bonds. The number of hydrogen-bond acceptors (Lipinski definition) is 1. The molecule has 0 bridgehead atoms. The standard InChI is InChI=1S/C17H13F3OSe/c1-12-7-9-13(10-8-12)11-15(22-17(18,19)20)16(21)14-5-3-2-4-6-14/h2-11H,1H3/b15-11-. The van der Waals surface area contributed by atoms with E-state index in [2.05, 4.69) is 0 Å². The van der Waals surface area contributed by atoms with Gasteiger partial charge in [0.2, 0.25) is 0 Å². The molecular formula is C17H13F3OSe. The molecule has 0 saturated heterocycles. The second kappa shape index (κ2) is 6.95. The second-order valence-electron chi connectivity index (χ2n) is 4.66. The Labute approximate surface area is 133 Å². The van der Waals surface area contributed by atoms with Crippen molar-refractivity contribution in [3.8, 4) is 0 Å². The minimum atomic E-state index is -4.37. The molecule has 0 aliphatic rings. The van der Waals surface area contributed by atoms with Gasteiger partial charge in [-0.15, -0.1) is 0 Å². The van der Waals surface area contributed by atoms with Crippen LogP contribution in [-0.2, 0) is 0 Å². The average molecular weight is 369 g/mol. The third-order valence-electron chi connectivity index (χ3n) is 2.86. The molecule has 2 aromatic carbocycles. The monoisotopic (exact) mass is 370 g/mol. The molecule has 0 aliphatic carbocycles. The summed E-state index contributed by atoms with van der Waals surface area (Å²) in [6.07, 6.45) is 1.34. The summed E-state index contributed by atoms with van der Waals surface area (Å²) in [5.41, 5.74) is 1.87. The van der Waals surface area contributed by atoms with Crippen LogP contribution in [-0.4, -0.2) is 25.8 Å². The first kappa shape index (κ1) is 16.5. The molecule has 0 atom stereocenters. The molecule has 0 aliphatic heterocycles. The van der Waals surface area contributed by atoms with Crippen LogP contribution in [0.25, 0.3) is 6.08 Å². The van der Waals surface area contributed by atoms with E-state index in [1.807, 2.05) is 6.92 Å². The summed E-state index contributed by atoms with van der Waals surface area (Å²) in [6, 6.07) is 15.1. The fourth-order valence-corrected chi connectivity index (χ4v) is 3.19. The van der Waals surface area contributed by atoms with E-state index in [1.54, 1.807) is 42.5 Å². The van der Waals surface area contributed by atoms with Crippen molar-refractivity contribution >= 4 is 26.8 Å². The quantitative estimate of drug-likeness (QED) is 0.442. The van der Waals surface area contributed by atoms with Crippen molar-refractivity contribution in [1.82, 2.24) is 0 Å². The predicted octanol–water partition coefficient (Wildman–Crippen LogP) is 4.44. The van der Waals surface area contributed by atoms with Gasteiger partial charge in [0.25, 0.3) is 0 Å². The molecule has 0 fully saturated rings. The predicted molar refractivity (Wildman–Crippen MR) is 81.7 cm³/mol. The van der Waals surface area contributed by atoms with Gasteiger partial charge in [0, 0.05) is 0 Å². The van der Waals surface area contributed by atoms with Crippen LogP contribution >= 0.6 is 0 Å². The van der Waals surface area contributed by atoms with Crippen LogP contribution < -0.4 is 0 Å². The molecule has 0 aromatic heterocycles. The van der Waals surface area contributed by atoms with E-state index >= 15 is 0 Å². The number of hydrogen-bond donors (Lipinski definition) is 0. The first-order valence-electron chi connectivity index (χ1n) is 6.49. The van der Waals surface area contributed by atoms with Crippen LogP contribution in [0.1, 0.15) is 21.5 Å². The van der Waals surface area contributed by atoms with Gasteiger partial charge in [-0.1, -0.05) is 0 Å². The summed E-state index contributed by atoms with van der Waals surface area (Å²) >= 11 is -1.88. The van der Waals surface area contributed by atoms with Gasteiger partial charge in [0.15, 0.2) is 0 Å². The molecule has 5 heteroatoms. The molecule has 0 radical (unpaired) electrons. The van der Waals surface area contributed by atoms with Crippen LogP contribution in [0.15, 0.2) is 59.1 Å². The molecule has 0 heterocycles. The van der Waals surface area contributed by atoms with E-state index in [0.29, 0.717) is 5.56 Å². The fraction of sp³-hybridized carbons (Fsp3) is 0.118. The molecule has 1 nitrogen and oxygen atoms in total. The van der Waals surface area contributed by atoms with Crippen molar-refractivity contribution in [2.75, 3.05) is 0 Å². The second-order valence-corrected chi connectivity index (χ2v) is 6.98. The zero-order valence-corrected chi connectivity index (χ0v) is 13.4. The van der Waals surface area contributed by atoms with E-state index in [1.165, 1.54) is 18.2 Å². The van der Waals surface area contributed by atoms with Crippen molar-refractivity contribution in [1.29, 1.82) is 0 Å². The molecule has 2 rings (SSSR count). The Kier molecular flexibility index (Phi) is 5.22.